The summed E-state index contributed by atoms with van der Waals surface area (Å²) in [6.07, 6.45) is 2.01. The van der Waals surface area contributed by atoms with Crippen LogP contribution in [0.5, 0.6) is 0 Å². The lowest BCUT2D eigenvalue weighted by Gasteiger charge is -2.34. The quantitative estimate of drug-likeness (QED) is 0.541. The average Bonchev–Trinajstić information content (AvgIpc) is 2.79. The zero-order valence-electron chi connectivity index (χ0n) is 17.6. The van der Waals surface area contributed by atoms with E-state index in [-0.39, 0.29) is 48.0 Å². The minimum atomic E-state index is -2.72. The second-order valence-electron chi connectivity index (χ2n) is 8.07. The van der Waals surface area contributed by atoms with Gasteiger partial charge in [-0.15, -0.1) is 0 Å². The van der Waals surface area contributed by atoms with Crippen molar-refractivity contribution in [2.24, 2.45) is 5.92 Å². The third-order valence-corrected chi connectivity index (χ3v) is 6.32. The van der Waals surface area contributed by atoms with E-state index in [0.717, 1.165) is 16.4 Å². The first kappa shape index (κ1) is 24.0. The summed E-state index contributed by atoms with van der Waals surface area (Å²) in [5.74, 6) is -3.56. The van der Waals surface area contributed by atoms with E-state index in [4.69, 9.17) is 23.2 Å². The fourth-order valence-corrected chi connectivity index (χ4v) is 4.31. The van der Waals surface area contributed by atoms with Crippen molar-refractivity contribution in [3.05, 3.63) is 84.7 Å². The molecule has 0 saturated heterocycles. The number of aromatic nitrogens is 4. The molecule has 1 amide bonds. The lowest BCUT2D eigenvalue weighted by Crippen LogP contribution is -2.37. The molecule has 2 N–H and O–H groups in total. The van der Waals surface area contributed by atoms with Crippen molar-refractivity contribution in [2.75, 3.05) is 0 Å². The van der Waals surface area contributed by atoms with Gasteiger partial charge in [-0.25, -0.2) is 18.6 Å². The molecule has 0 spiro atoms. The molecule has 1 unspecified atom stereocenters. The molecule has 0 aliphatic heterocycles. The molecule has 1 atom stereocenters. The fraction of sp³-hybridized carbons (Fsp3) is 0.318. The van der Waals surface area contributed by atoms with Crippen LogP contribution in [0.3, 0.4) is 0 Å². The van der Waals surface area contributed by atoms with Gasteiger partial charge in [0.1, 0.15) is 6.20 Å². The first-order valence-corrected chi connectivity index (χ1v) is 11.2. The number of rotatable bonds is 5. The summed E-state index contributed by atoms with van der Waals surface area (Å²) in [6, 6.07) is 7.51. The smallest absolute Gasteiger partial charge is 0.345 e. The minimum Gasteiger partial charge on any atom is -0.345 e. The standard InChI is InChI=1S/C22H19Cl2F2N5O3/c23-14-3-1-12(2-4-14)19(13-5-7-22(25,26)8-6-13)30-20(33)15-9-17(27-10-16(15)24)31-21(34)29-18(32)11-28-31/h1-4,9-11,13,19H,5-8H2,(H,30,33)(H,29,32,34). The third-order valence-electron chi connectivity index (χ3n) is 5.76. The highest BCUT2D eigenvalue weighted by molar-refractivity contribution is 6.33. The maximum Gasteiger partial charge on any atom is 0.351 e. The largest absolute Gasteiger partial charge is 0.351 e. The van der Waals surface area contributed by atoms with Crippen molar-refractivity contribution >= 4 is 29.1 Å². The Hall–Kier alpha value is -3.11. The maximum atomic E-state index is 13.8. The topological polar surface area (TPSA) is 110 Å². The SMILES string of the molecule is O=C(NC(c1ccc(Cl)cc1)C1CCC(F)(F)CC1)c1cc(-n2ncc(=O)[nH]c2=O)ncc1Cl. The highest BCUT2D eigenvalue weighted by Gasteiger charge is 2.38. The Morgan fingerprint density at radius 3 is 2.47 bits per heavy atom. The number of alkyl halides is 2. The van der Waals surface area contributed by atoms with Gasteiger partial charge in [-0.05, 0) is 42.5 Å². The molecule has 3 aromatic rings. The van der Waals surface area contributed by atoms with E-state index in [2.05, 4.69) is 20.4 Å². The molecule has 0 bridgehead atoms. The molecule has 2 heterocycles. The molecule has 1 aliphatic rings. The average molecular weight is 510 g/mol. The van der Waals surface area contributed by atoms with Crippen molar-refractivity contribution in [3.63, 3.8) is 0 Å². The summed E-state index contributed by atoms with van der Waals surface area (Å²) in [6.45, 7) is 0. The van der Waals surface area contributed by atoms with Crippen LogP contribution in [0.25, 0.3) is 5.82 Å². The molecular weight excluding hydrogens is 491 g/mol. The van der Waals surface area contributed by atoms with E-state index in [9.17, 15) is 23.2 Å². The van der Waals surface area contributed by atoms with Gasteiger partial charge in [0.25, 0.3) is 11.5 Å². The van der Waals surface area contributed by atoms with Gasteiger partial charge in [-0.2, -0.15) is 9.78 Å². The summed E-state index contributed by atoms with van der Waals surface area (Å²) in [4.78, 5) is 42.6. The van der Waals surface area contributed by atoms with Gasteiger partial charge < -0.3 is 5.32 Å². The highest BCUT2D eigenvalue weighted by Crippen LogP contribution is 2.41. The van der Waals surface area contributed by atoms with Crippen LogP contribution in [0.1, 0.15) is 47.6 Å². The summed E-state index contributed by atoms with van der Waals surface area (Å²) in [7, 11) is 0. The van der Waals surface area contributed by atoms with Crippen LogP contribution in [0.4, 0.5) is 8.78 Å². The van der Waals surface area contributed by atoms with E-state index in [1.807, 2.05) is 0 Å². The second-order valence-corrected chi connectivity index (χ2v) is 8.91. The normalized spacial score (nSPS) is 16.7. The Morgan fingerprint density at radius 2 is 1.82 bits per heavy atom. The third kappa shape index (κ3) is 5.34. The first-order chi connectivity index (χ1) is 16.1. The first-order valence-electron chi connectivity index (χ1n) is 10.4. The summed E-state index contributed by atoms with van der Waals surface area (Å²) in [5, 5.41) is 7.15. The number of carbonyl (C=O) groups is 1. The Bertz CT molecular complexity index is 1320. The number of pyridine rings is 1. The van der Waals surface area contributed by atoms with Crippen LogP contribution < -0.4 is 16.6 Å². The van der Waals surface area contributed by atoms with Crippen molar-refractivity contribution in [1.29, 1.82) is 0 Å². The molecule has 4 rings (SSSR count). The van der Waals surface area contributed by atoms with Gasteiger partial charge in [0, 0.05) is 24.1 Å². The number of benzene rings is 1. The van der Waals surface area contributed by atoms with Gasteiger partial charge in [0.15, 0.2) is 5.82 Å². The van der Waals surface area contributed by atoms with Crippen LogP contribution in [0.15, 0.2) is 52.3 Å². The second kappa shape index (κ2) is 9.63. The number of amides is 1. The van der Waals surface area contributed by atoms with E-state index in [1.54, 1.807) is 24.3 Å². The summed E-state index contributed by atoms with van der Waals surface area (Å²) < 4.78 is 28.3. The number of halogens is 4. The number of H-pyrrole nitrogens is 1. The van der Waals surface area contributed by atoms with Gasteiger partial charge in [0.05, 0.1) is 16.6 Å². The Labute approximate surface area is 201 Å². The number of nitrogens with zero attached hydrogens (tertiary/aromatic N) is 3. The highest BCUT2D eigenvalue weighted by atomic mass is 35.5. The molecule has 1 saturated carbocycles. The van der Waals surface area contributed by atoms with Crippen molar-refractivity contribution in [1.82, 2.24) is 25.1 Å². The molecule has 8 nitrogen and oxygen atoms in total. The lowest BCUT2D eigenvalue weighted by molar-refractivity contribution is -0.0493. The number of hydrogen-bond donors (Lipinski definition) is 2. The van der Waals surface area contributed by atoms with Crippen molar-refractivity contribution < 1.29 is 13.6 Å². The molecule has 12 heteroatoms. The molecular formula is C22H19Cl2F2N5O3. The predicted molar refractivity (Wildman–Crippen MR) is 122 cm³/mol. The Balaban J connectivity index is 1.65. The molecule has 34 heavy (non-hydrogen) atoms. The number of nitrogens with one attached hydrogen (secondary N) is 2. The van der Waals surface area contributed by atoms with E-state index >= 15 is 0 Å². The number of aromatic amines is 1. The van der Waals surface area contributed by atoms with Crippen molar-refractivity contribution in [2.45, 2.75) is 37.6 Å². The Kier molecular flexibility index (Phi) is 6.81. The summed E-state index contributed by atoms with van der Waals surface area (Å²) in [5.41, 5.74) is -0.795. The summed E-state index contributed by atoms with van der Waals surface area (Å²) >= 11 is 12.2. The fourth-order valence-electron chi connectivity index (χ4n) is 3.99. The van der Waals surface area contributed by atoms with Crippen LogP contribution in [0.2, 0.25) is 10.0 Å². The molecule has 2 aromatic heterocycles. The van der Waals surface area contributed by atoms with Crippen molar-refractivity contribution in [3.8, 4) is 5.82 Å². The molecule has 1 aromatic carbocycles. The van der Waals surface area contributed by atoms with Gasteiger partial charge >= 0.3 is 5.69 Å². The van der Waals surface area contributed by atoms with E-state index in [0.29, 0.717) is 5.02 Å². The van der Waals surface area contributed by atoms with Gasteiger partial charge in [-0.1, -0.05) is 35.3 Å². The molecule has 178 valence electrons. The van der Waals surface area contributed by atoms with Gasteiger partial charge in [0.2, 0.25) is 5.92 Å². The molecule has 1 fully saturated rings. The van der Waals surface area contributed by atoms with Crippen LogP contribution >= 0.6 is 23.2 Å². The Morgan fingerprint density at radius 1 is 1.15 bits per heavy atom. The van der Waals surface area contributed by atoms with Crippen LogP contribution in [-0.2, 0) is 0 Å². The predicted octanol–water partition coefficient (Wildman–Crippen LogP) is 3.92. The number of carbonyl (C=O) groups excluding carboxylic acids is 1. The number of hydrogen-bond acceptors (Lipinski definition) is 5. The monoisotopic (exact) mass is 509 g/mol. The lowest BCUT2D eigenvalue weighted by atomic mass is 9.79. The molecule has 0 radical (unpaired) electrons. The maximum absolute atomic E-state index is 13.8. The zero-order valence-corrected chi connectivity index (χ0v) is 19.1. The van der Waals surface area contributed by atoms with E-state index < -0.39 is 29.1 Å². The van der Waals surface area contributed by atoms with Crippen LogP contribution in [-0.4, -0.2) is 31.6 Å². The van der Waals surface area contributed by atoms with Crippen LogP contribution in [0, 0.1) is 5.92 Å². The van der Waals surface area contributed by atoms with Gasteiger partial charge in [-0.3, -0.25) is 14.6 Å². The molecule has 1 aliphatic carbocycles. The minimum absolute atomic E-state index is 0.00618. The van der Waals surface area contributed by atoms with E-state index in [1.165, 1.54) is 12.3 Å². The zero-order chi connectivity index (χ0) is 24.5.